The molecule has 0 atom stereocenters. The van der Waals surface area contributed by atoms with E-state index in [0.717, 1.165) is 24.2 Å². The van der Waals surface area contributed by atoms with Crippen molar-refractivity contribution in [2.24, 2.45) is 0 Å². The molecule has 21 heavy (non-hydrogen) atoms. The van der Waals surface area contributed by atoms with Gasteiger partial charge in [-0.25, -0.2) is 4.18 Å². The standard InChI is InChI=1S/C14H14N2O4S/c1-16-11-7-4-3-6-10(11)15-14-12(16)8-5-9-13(14)20-21(17,18)19-2/h3-9,15H,1-2H3. The molecule has 0 aliphatic carbocycles. The molecule has 1 aliphatic rings. The van der Waals surface area contributed by atoms with E-state index in [-0.39, 0.29) is 5.75 Å². The van der Waals surface area contributed by atoms with E-state index in [2.05, 4.69) is 9.50 Å². The minimum atomic E-state index is -4.06. The van der Waals surface area contributed by atoms with Gasteiger partial charge < -0.3 is 14.4 Å². The van der Waals surface area contributed by atoms with Crippen LogP contribution in [-0.4, -0.2) is 22.6 Å². The second-order valence-electron chi connectivity index (χ2n) is 4.51. The van der Waals surface area contributed by atoms with Crippen LogP contribution in [0.2, 0.25) is 0 Å². The van der Waals surface area contributed by atoms with Crippen molar-refractivity contribution in [2.75, 3.05) is 24.4 Å². The molecule has 0 radical (unpaired) electrons. The normalized spacial score (nSPS) is 13.1. The van der Waals surface area contributed by atoms with Crippen LogP contribution in [0.3, 0.4) is 0 Å². The van der Waals surface area contributed by atoms with Crippen LogP contribution < -0.4 is 14.4 Å². The number of hydrogen-bond donors (Lipinski definition) is 1. The smallest absolute Gasteiger partial charge is 0.359 e. The number of para-hydroxylation sites is 3. The fourth-order valence-corrected chi connectivity index (χ4v) is 2.70. The summed E-state index contributed by atoms with van der Waals surface area (Å²) >= 11 is 0. The average Bonchev–Trinajstić information content (AvgIpc) is 2.48. The van der Waals surface area contributed by atoms with Gasteiger partial charge >= 0.3 is 10.4 Å². The Labute approximate surface area is 123 Å². The highest BCUT2D eigenvalue weighted by atomic mass is 32.3. The Bertz CT molecular complexity index is 789. The Balaban J connectivity index is 2.09. The van der Waals surface area contributed by atoms with Crippen LogP contribution in [0.1, 0.15) is 0 Å². The van der Waals surface area contributed by atoms with Crippen LogP contribution in [0, 0.1) is 0 Å². The topological polar surface area (TPSA) is 67.9 Å². The summed E-state index contributed by atoms with van der Waals surface area (Å²) in [5.74, 6) is 0.190. The maximum atomic E-state index is 11.5. The third-order valence-corrected chi connectivity index (χ3v) is 4.08. The second-order valence-corrected chi connectivity index (χ2v) is 5.83. The summed E-state index contributed by atoms with van der Waals surface area (Å²) in [5.41, 5.74) is 3.27. The van der Waals surface area contributed by atoms with Crippen molar-refractivity contribution in [3.05, 3.63) is 42.5 Å². The number of hydrogen-bond acceptors (Lipinski definition) is 6. The SMILES string of the molecule is COS(=O)(=O)Oc1cccc2c1Nc1ccccc1N2C. The number of anilines is 4. The maximum Gasteiger partial charge on any atom is 0.448 e. The monoisotopic (exact) mass is 306 g/mol. The van der Waals surface area contributed by atoms with Gasteiger partial charge in [-0.3, -0.25) is 0 Å². The van der Waals surface area contributed by atoms with E-state index in [4.69, 9.17) is 4.18 Å². The molecule has 0 bridgehead atoms. The van der Waals surface area contributed by atoms with Crippen molar-refractivity contribution < 1.29 is 16.8 Å². The van der Waals surface area contributed by atoms with E-state index in [1.807, 2.05) is 42.3 Å². The molecule has 1 aliphatic heterocycles. The van der Waals surface area contributed by atoms with Crippen molar-refractivity contribution in [1.29, 1.82) is 0 Å². The lowest BCUT2D eigenvalue weighted by Crippen LogP contribution is -2.19. The molecule has 0 saturated carbocycles. The first-order valence-electron chi connectivity index (χ1n) is 6.24. The molecule has 1 N–H and O–H groups in total. The van der Waals surface area contributed by atoms with E-state index in [0.29, 0.717) is 5.69 Å². The molecule has 0 unspecified atom stereocenters. The average molecular weight is 306 g/mol. The predicted octanol–water partition coefficient (Wildman–Crippen LogP) is 2.78. The lowest BCUT2D eigenvalue weighted by Gasteiger charge is -2.31. The summed E-state index contributed by atoms with van der Waals surface area (Å²) in [7, 11) is -1.09. The van der Waals surface area contributed by atoms with Crippen molar-refractivity contribution in [3.8, 4) is 5.75 Å². The molecule has 3 rings (SSSR count). The van der Waals surface area contributed by atoms with Gasteiger partial charge in [-0.2, -0.15) is 8.42 Å². The Hall–Kier alpha value is -2.25. The molecule has 0 saturated heterocycles. The third-order valence-electron chi connectivity index (χ3n) is 3.29. The Morgan fingerprint density at radius 3 is 2.52 bits per heavy atom. The highest BCUT2D eigenvalue weighted by Gasteiger charge is 2.24. The van der Waals surface area contributed by atoms with Crippen LogP contribution in [0.4, 0.5) is 22.7 Å². The zero-order chi connectivity index (χ0) is 15.0. The number of nitrogens with one attached hydrogen (secondary N) is 1. The fourth-order valence-electron chi connectivity index (χ4n) is 2.27. The molecule has 0 spiro atoms. The minimum absolute atomic E-state index is 0.190. The minimum Gasteiger partial charge on any atom is -0.359 e. The Morgan fingerprint density at radius 2 is 1.76 bits per heavy atom. The van der Waals surface area contributed by atoms with Gasteiger partial charge in [0.05, 0.1) is 24.2 Å². The van der Waals surface area contributed by atoms with Crippen molar-refractivity contribution in [3.63, 3.8) is 0 Å². The summed E-state index contributed by atoms with van der Waals surface area (Å²) < 4.78 is 32.3. The fraction of sp³-hybridized carbons (Fsp3) is 0.143. The molecule has 7 heteroatoms. The lowest BCUT2D eigenvalue weighted by molar-refractivity contribution is 0.331. The van der Waals surface area contributed by atoms with Gasteiger partial charge in [-0.1, -0.05) is 18.2 Å². The van der Waals surface area contributed by atoms with Gasteiger partial charge in [-0.15, -0.1) is 0 Å². The predicted molar refractivity (Wildman–Crippen MR) is 80.8 cm³/mol. The molecule has 1 heterocycles. The number of nitrogens with zero attached hydrogens (tertiary/aromatic N) is 1. The van der Waals surface area contributed by atoms with E-state index in [1.165, 1.54) is 0 Å². The molecule has 2 aromatic carbocycles. The molecule has 0 aromatic heterocycles. The van der Waals surface area contributed by atoms with E-state index in [9.17, 15) is 8.42 Å². The quantitative estimate of drug-likeness (QED) is 0.940. The maximum absolute atomic E-state index is 11.5. The second kappa shape index (κ2) is 4.94. The zero-order valence-corrected chi connectivity index (χ0v) is 12.3. The molecular formula is C14H14N2O4S. The van der Waals surface area contributed by atoms with E-state index < -0.39 is 10.4 Å². The van der Waals surface area contributed by atoms with Gasteiger partial charge in [0, 0.05) is 7.05 Å². The highest BCUT2D eigenvalue weighted by molar-refractivity contribution is 7.82. The molecule has 2 aromatic rings. The first-order chi connectivity index (χ1) is 10.0. The lowest BCUT2D eigenvalue weighted by atomic mass is 10.1. The Morgan fingerprint density at radius 1 is 1.05 bits per heavy atom. The zero-order valence-electron chi connectivity index (χ0n) is 11.5. The van der Waals surface area contributed by atoms with Crippen molar-refractivity contribution >= 4 is 33.1 Å². The third kappa shape index (κ3) is 2.41. The summed E-state index contributed by atoms with van der Waals surface area (Å²) in [6, 6.07) is 12.9. The number of rotatable bonds is 3. The summed E-state index contributed by atoms with van der Waals surface area (Å²) in [6.07, 6.45) is 0. The molecular weight excluding hydrogens is 292 g/mol. The Kier molecular flexibility index (Phi) is 3.23. The molecule has 0 amide bonds. The molecule has 6 nitrogen and oxygen atoms in total. The van der Waals surface area contributed by atoms with Gasteiger partial charge in [0.2, 0.25) is 0 Å². The van der Waals surface area contributed by atoms with Crippen LogP contribution in [0.15, 0.2) is 42.5 Å². The summed E-state index contributed by atoms with van der Waals surface area (Å²) in [6.45, 7) is 0. The first-order valence-corrected chi connectivity index (χ1v) is 7.58. The van der Waals surface area contributed by atoms with Crippen LogP contribution in [0.5, 0.6) is 5.75 Å². The van der Waals surface area contributed by atoms with Crippen LogP contribution in [0.25, 0.3) is 0 Å². The molecule has 110 valence electrons. The number of fused-ring (bicyclic) bond motifs is 2. The largest absolute Gasteiger partial charge is 0.448 e. The highest BCUT2D eigenvalue weighted by Crippen LogP contribution is 2.46. The van der Waals surface area contributed by atoms with Gasteiger partial charge in [0.25, 0.3) is 0 Å². The van der Waals surface area contributed by atoms with Crippen LogP contribution >= 0.6 is 0 Å². The summed E-state index contributed by atoms with van der Waals surface area (Å²) in [4.78, 5) is 1.97. The van der Waals surface area contributed by atoms with E-state index in [1.54, 1.807) is 12.1 Å². The van der Waals surface area contributed by atoms with Crippen LogP contribution in [-0.2, 0) is 14.6 Å². The van der Waals surface area contributed by atoms with E-state index >= 15 is 0 Å². The number of benzene rings is 2. The van der Waals surface area contributed by atoms with Gasteiger partial charge in [0.1, 0.15) is 5.69 Å². The molecule has 0 fully saturated rings. The summed E-state index contributed by atoms with van der Waals surface area (Å²) in [5, 5.41) is 3.20. The first kappa shape index (κ1) is 13.7. The van der Waals surface area contributed by atoms with Crippen molar-refractivity contribution in [2.45, 2.75) is 0 Å². The van der Waals surface area contributed by atoms with Gasteiger partial charge in [0.15, 0.2) is 5.75 Å². The van der Waals surface area contributed by atoms with Crippen molar-refractivity contribution in [1.82, 2.24) is 0 Å². The van der Waals surface area contributed by atoms with Gasteiger partial charge in [-0.05, 0) is 24.3 Å².